The van der Waals surface area contributed by atoms with Crippen LogP contribution in [0, 0.1) is 12.7 Å². The molecule has 0 unspecified atom stereocenters. The molecular weight excluding hydrogens is 399 g/mol. The molecule has 2 aliphatic rings. The number of guanidine groups is 1. The molecule has 0 bridgehead atoms. The Morgan fingerprint density at radius 3 is 2.62 bits per heavy atom. The van der Waals surface area contributed by atoms with Crippen molar-refractivity contribution in [2.75, 3.05) is 7.05 Å². The molecule has 8 nitrogen and oxygen atoms in total. The van der Waals surface area contributed by atoms with Crippen molar-refractivity contribution >= 4 is 21.8 Å². The zero-order valence-corrected chi connectivity index (χ0v) is 17.1. The maximum absolute atomic E-state index is 14.9. The molecule has 1 aliphatic carbocycles. The summed E-state index contributed by atoms with van der Waals surface area (Å²) in [5.41, 5.74) is 5.28. The van der Waals surface area contributed by atoms with E-state index in [2.05, 4.69) is 10.1 Å². The fourth-order valence-corrected chi connectivity index (χ4v) is 6.12. The third kappa shape index (κ3) is 2.69. The van der Waals surface area contributed by atoms with Crippen LogP contribution in [0.5, 0.6) is 0 Å². The summed E-state index contributed by atoms with van der Waals surface area (Å²) in [4.78, 5) is 16.9. The van der Waals surface area contributed by atoms with E-state index in [1.54, 1.807) is 13.8 Å². The molecule has 0 radical (unpaired) electrons. The Kier molecular flexibility index (Phi) is 4.13. The molecule has 2 N–H and O–H groups in total. The molecule has 1 aromatic heterocycles. The van der Waals surface area contributed by atoms with Crippen molar-refractivity contribution < 1.29 is 22.1 Å². The van der Waals surface area contributed by atoms with E-state index in [4.69, 9.17) is 10.3 Å². The average molecular weight is 420 g/mol. The van der Waals surface area contributed by atoms with Gasteiger partial charge in [0, 0.05) is 25.1 Å². The van der Waals surface area contributed by atoms with Crippen LogP contribution in [-0.2, 0) is 22.0 Å². The van der Waals surface area contributed by atoms with E-state index < -0.39 is 26.1 Å². The van der Waals surface area contributed by atoms with Gasteiger partial charge in [-0.05, 0) is 44.4 Å². The van der Waals surface area contributed by atoms with Gasteiger partial charge in [0.15, 0.2) is 5.78 Å². The van der Waals surface area contributed by atoms with Crippen LogP contribution in [0.25, 0.3) is 0 Å². The van der Waals surface area contributed by atoms with Gasteiger partial charge in [-0.1, -0.05) is 11.2 Å². The number of hydrogen-bond donors (Lipinski definition) is 1. The van der Waals surface area contributed by atoms with Crippen LogP contribution in [-0.4, -0.2) is 41.4 Å². The smallest absolute Gasteiger partial charge is 0.245 e. The van der Waals surface area contributed by atoms with Crippen molar-refractivity contribution in [3.8, 4) is 0 Å². The Bertz CT molecular complexity index is 1150. The highest BCUT2D eigenvalue weighted by Crippen LogP contribution is 2.60. The van der Waals surface area contributed by atoms with E-state index in [1.165, 1.54) is 31.3 Å². The van der Waals surface area contributed by atoms with Crippen LogP contribution < -0.4 is 5.73 Å². The van der Waals surface area contributed by atoms with E-state index in [0.717, 1.165) is 4.31 Å². The SMILES string of the molecule is Cc1cc(C(=O)Cc2ccc(F)c([C@@]3(C)N=C(N)N(C)S(=O)(=O)C34CC4)c2)no1. The second-order valence-corrected chi connectivity index (χ2v) is 10.0. The number of rotatable bonds is 4. The van der Waals surface area contributed by atoms with E-state index in [1.807, 2.05) is 0 Å². The van der Waals surface area contributed by atoms with Gasteiger partial charge in [0.1, 0.15) is 27.6 Å². The fraction of sp³-hybridized carbons (Fsp3) is 0.421. The van der Waals surface area contributed by atoms with Crippen molar-refractivity contribution in [3.63, 3.8) is 0 Å². The van der Waals surface area contributed by atoms with Gasteiger partial charge in [0.25, 0.3) is 0 Å². The van der Waals surface area contributed by atoms with E-state index >= 15 is 0 Å². The minimum absolute atomic E-state index is 0.0335. The number of halogens is 1. The second-order valence-electron chi connectivity index (χ2n) is 7.75. The standard InChI is InChI=1S/C19H21FN4O4S/c1-11-8-15(23-28-11)16(25)10-12-4-5-14(20)13(9-12)18(2)19(6-7-19)29(26,27)24(3)17(21)22-18/h4-5,8-9H,6-7,10H2,1-3H3,(H2,21,22)/t18-/m1/s1. The molecule has 4 rings (SSSR count). The molecule has 154 valence electrons. The predicted molar refractivity (Wildman–Crippen MR) is 103 cm³/mol. The van der Waals surface area contributed by atoms with Gasteiger partial charge >= 0.3 is 0 Å². The lowest BCUT2D eigenvalue weighted by atomic mass is 9.85. The molecule has 2 heterocycles. The highest BCUT2D eigenvalue weighted by atomic mass is 32.2. The van der Waals surface area contributed by atoms with Crippen molar-refractivity contribution in [2.24, 2.45) is 10.7 Å². The van der Waals surface area contributed by atoms with Gasteiger partial charge in [-0.2, -0.15) is 0 Å². The first-order valence-electron chi connectivity index (χ1n) is 9.11. The molecule has 1 aliphatic heterocycles. The summed E-state index contributed by atoms with van der Waals surface area (Å²) in [6.07, 6.45) is 0.676. The minimum atomic E-state index is -3.80. The maximum atomic E-state index is 14.9. The van der Waals surface area contributed by atoms with E-state index in [9.17, 15) is 17.6 Å². The number of aliphatic imine (C=N–C) groups is 1. The molecule has 2 aromatic rings. The topological polar surface area (TPSA) is 119 Å². The Morgan fingerprint density at radius 1 is 1.34 bits per heavy atom. The molecule has 29 heavy (non-hydrogen) atoms. The summed E-state index contributed by atoms with van der Waals surface area (Å²) in [5, 5.41) is 3.70. The average Bonchev–Trinajstić information content (AvgIpc) is 3.38. The zero-order chi connectivity index (χ0) is 21.2. The van der Waals surface area contributed by atoms with Crippen molar-refractivity contribution in [2.45, 2.75) is 43.4 Å². The Hall–Kier alpha value is -2.75. The summed E-state index contributed by atoms with van der Waals surface area (Å²) in [7, 11) is -2.46. The van der Waals surface area contributed by atoms with Crippen molar-refractivity contribution in [1.29, 1.82) is 0 Å². The number of hydrogen-bond acceptors (Lipinski definition) is 7. The lowest BCUT2D eigenvalue weighted by Crippen LogP contribution is -2.58. The minimum Gasteiger partial charge on any atom is -0.369 e. The Balaban J connectivity index is 1.77. The Labute approximate surface area is 167 Å². The molecule has 0 saturated heterocycles. The van der Waals surface area contributed by atoms with Crippen LogP contribution in [0.3, 0.4) is 0 Å². The monoisotopic (exact) mass is 420 g/mol. The number of nitrogens with zero attached hydrogens (tertiary/aromatic N) is 3. The molecule has 1 atom stereocenters. The summed E-state index contributed by atoms with van der Waals surface area (Å²) in [6, 6.07) is 5.74. The normalized spacial score (nSPS) is 24.4. The van der Waals surface area contributed by atoms with E-state index in [-0.39, 0.29) is 29.4 Å². The van der Waals surface area contributed by atoms with Crippen molar-refractivity contribution in [1.82, 2.24) is 9.46 Å². The highest BCUT2D eigenvalue weighted by Gasteiger charge is 2.70. The number of sulfonamides is 1. The van der Waals surface area contributed by atoms with Gasteiger partial charge in [0.2, 0.25) is 16.0 Å². The summed E-state index contributed by atoms with van der Waals surface area (Å²) in [5.74, 6) is -0.560. The molecular formula is C19H21FN4O4S. The Morgan fingerprint density at radius 2 is 2.03 bits per heavy atom. The van der Waals surface area contributed by atoms with Gasteiger partial charge < -0.3 is 10.3 Å². The summed E-state index contributed by atoms with van der Waals surface area (Å²) < 4.78 is 45.6. The lowest BCUT2D eigenvalue weighted by Gasteiger charge is -2.42. The fourth-order valence-electron chi connectivity index (χ4n) is 4.03. The molecule has 10 heteroatoms. The van der Waals surface area contributed by atoms with E-state index in [0.29, 0.717) is 24.2 Å². The number of carbonyl (C=O) groups excluding carboxylic acids is 1. The van der Waals surface area contributed by atoms with Crippen LogP contribution in [0.1, 0.15) is 47.1 Å². The maximum Gasteiger partial charge on any atom is 0.245 e. The number of carbonyl (C=O) groups is 1. The van der Waals surface area contributed by atoms with Gasteiger partial charge in [-0.25, -0.2) is 22.1 Å². The van der Waals surface area contributed by atoms with Gasteiger partial charge in [0.05, 0.1) is 0 Å². The quantitative estimate of drug-likeness (QED) is 0.755. The number of benzene rings is 1. The third-order valence-corrected chi connectivity index (χ3v) is 8.64. The summed E-state index contributed by atoms with van der Waals surface area (Å²) >= 11 is 0. The first kappa shape index (κ1) is 19.6. The number of Topliss-reactive ketones (excluding diaryl/α,β-unsaturated/α-hetero) is 1. The van der Waals surface area contributed by atoms with Crippen molar-refractivity contribution in [3.05, 3.63) is 52.7 Å². The van der Waals surface area contributed by atoms with Crippen LogP contribution >= 0.6 is 0 Å². The first-order chi connectivity index (χ1) is 13.5. The van der Waals surface area contributed by atoms with Crippen LogP contribution in [0.4, 0.5) is 4.39 Å². The van der Waals surface area contributed by atoms with Gasteiger partial charge in [-0.3, -0.25) is 4.79 Å². The lowest BCUT2D eigenvalue weighted by molar-refractivity contribution is 0.0984. The largest absolute Gasteiger partial charge is 0.369 e. The number of aryl methyl sites for hydroxylation is 1. The predicted octanol–water partition coefficient (Wildman–Crippen LogP) is 1.89. The number of nitrogens with two attached hydrogens (primary N) is 1. The number of ketones is 1. The highest BCUT2D eigenvalue weighted by molar-refractivity contribution is 7.91. The molecule has 0 amide bonds. The third-order valence-electron chi connectivity index (χ3n) is 5.94. The molecule has 1 spiro atoms. The second kappa shape index (κ2) is 6.12. The zero-order valence-electron chi connectivity index (χ0n) is 16.3. The van der Waals surface area contributed by atoms with Crippen LogP contribution in [0.15, 0.2) is 33.8 Å². The molecule has 1 saturated carbocycles. The molecule has 1 aromatic carbocycles. The van der Waals surface area contributed by atoms with Gasteiger partial charge in [-0.15, -0.1) is 0 Å². The first-order valence-corrected chi connectivity index (χ1v) is 10.5. The number of aromatic nitrogens is 1. The van der Waals surface area contributed by atoms with Crippen LogP contribution in [0.2, 0.25) is 0 Å². The molecule has 1 fully saturated rings. The summed E-state index contributed by atoms with van der Waals surface area (Å²) in [6.45, 7) is 3.26.